The number of hydrogen-bond acceptors (Lipinski definition) is 6. The number of benzene rings is 2. The van der Waals surface area contributed by atoms with Gasteiger partial charge in [-0.3, -0.25) is 9.59 Å². The summed E-state index contributed by atoms with van der Waals surface area (Å²) >= 11 is 0. The minimum absolute atomic E-state index is 0.0519. The first-order valence-corrected chi connectivity index (χ1v) is 12.4. The maximum atomic E-state index is 13.6. The number of hydrogen-bond donors (Lipinski definition) is 1. The Balaban J connectivity index is 2.09. The molecule has 1 aliphatic heterocycles. The average molecular weight is 497 g/mol. The molecule has 1 heterocycles. The third-order valence-electron chi connectivity index (χ3n) is 6.55. The van der Waals surface area contributed by atoms with Crippen LogP contribution in [0.15, 0.2) is 48.0 Å². The molecule has 0 saturated carbocycles. The SMILES string of the molecule is CCCOc1ccc(C([O-])=C2C(=O)C(=O)N(CC[NH+](CC)CC)C2c2ccc(OC)c(OC)c2)cc1. The lowest BCUT2D eigenvalue weighted by Crippen LogP contribution is -3.12. The Morgan fingerprint density at radius 1 is 0.972 bits per heavy atom. The van der Waals surface area contributed by atoms with E-state index in [0.717, 1.165) is 19.5 Å². The van der Waals surface area contributed by atoms with Crippen LogP contribution in [0, 0.1) is 0 Å². The van der Waals surface area contributed by atoms with Crippen LogP contribution in [0.25, 0.3) is 5.76 Å². The number of carbonyl (C=O) groups excluding carboxylic acids is 2. The van der Waals surface area contributed by atoms with Crippen LogP contribution >= 0.6 is 0 Å². The summed E-state index contributed by atoms with van der Waals surface area (Å²) < 4.78 is 16.4. The monoisotopic (exact) mass is 496 g/mol. The predicted octanol–water partition coefficient (Wildman–Crippen LogP) is 1.64. The van der Waals surface area contributed by atoms with Crippen molar-refractivity contribution in [2.45, 2.75) is 33.2 Å². The van der Waals surface area contributed by atoms with Gasteiger partial charge in [-0.2, -0.15) is 0 Å². The molecular formula is C28H36N2O6. The van der Waals surface area contributed by atoms with Crippen molar-refractivity contribution in [3.8, 4) is 17.2 Å². The molecule has 1 N–H and O–H groups in total. The zero-order valence-corrected chi connectivity index (χ0v) is 21.8. The van der Waals surface area contributed by atoms with Gasteiger partial charge in [0.2, 0.25) is 5.78 Å². The van der Waals surface area contributed by atoms with Gasteiger partial charge in [0.15, 0.2) is 11.5 Å². The maximum Gasteiger partial charge on any atom is 0.295 e. The average Bonchev–Trinajstić information content (AvgIpc) is 3.16. The van der Waals surface area contributed by atoms with Crippen molar-refractivity contribution in [3.05, 3.63) is 59.2 Å². The summed E-state index contributed by atoms with van der Waals surface area (Å²) in [4.78, 5) is 29.2. The molecule has 8 heteroatoms. The summed E-state index contributed by atoms with van der Waals surface area (Å²) in [6.45, 7) is 9.56. The lowest BCUT2D eigenvalue weighted by Gasteiger charge is -2.29. The second kappa shape index (κ2) is 12.4. The summed E-state index contributed by atoms with van der Waals surface area (Å²) in [5, 5.41) is 13.6. The molecule has 0 aliphatic carbocycles. The number of nitrogens with zero attached hydrogens (tertiary/aromatic N) is 1. The van der Waals surface area contributed by atoms with Crippen molar-refractivity contribution >= 4 is 17.4 Å². The van der Waals surface area contributed by atoms with Crippen LogP contribution in [0.4, 0.5) is 0 Å². The van der Waals surface area contributed by atoms with Gasteiger partial charge >= 0.3 is 0 Å². The van der Waals surface area contributed by atoms with E-state index in [0.29, 0.717) is 48.1 Å². The fourth-order valence-corrected chi connectivity index (χ4v) is 4.43. The summed E-state index contributed by atoms with van der Waals surface area (Å²) in [6, 6.07) is 11.1. The molecule has 1 aliphatic rings. The largest absolute Gasteiger partial charge is 0.872 e. The topological polar surface area (TPSA) is 92.6 Å². The molecule has 1 unspecified atom stereocenters. The van der Waals surface area contributed by atoms with Crippen LogP contribution in [-0.4, -0.2) is 63.6 Å². The molecule has 0 radical (unpaired) electrons. The lowest BCUT2D eigenvalue weighted by atomic mass is 9.95. The van der Waals surface area contributed by atoms with E-state index in [4.69, 9.17) is 14.2 Å². The fourth-order valence-electron chi connectivity index (χ4n) is 4.43. The molecular weight excluding hydrogens is 460 g/mol. The van der Waals surface area contributed by atoms with Gasteiger partial charge in [0.1, 0.15) is 5.75 Å². The molecule has 3 rings (SSSR count). The number of Topliss-reactive ketones (excluding diaryl/α,β-unsaturated/α-hetero) is 1. The minimum Gasteiger partial charge on any atom is -0.872 e. The molecule has 8 nitrogen and oxygen atoms in total. The van der Waals surface area contributed by atoms with Crippen LogP contribution in [0.1, 0.15) is 44.4 Å². The number of likely N-dealkylation sites (N-methyl/N-ethyl adjacent to an activating group) is 1. The lowest BCUT2D eigenvalue weighted by molar-refractivity contribution is -0.895. The van der Waals surface area contributed by atoms with Crippen molar-refractivity contribution in [2.75, 3.05) is 47.0 Å². The quantitative estimate of drug-likeness (QED) is 0.273. The molecule has 1 saturated heterocycles. The molecule has 36 heavy (non-hydrogen) atoms. The first kappa shape index (κ1) is 27.1. The van der Waals surface area contributed by atoms with E-state index in [1.165, 1.54) is 24.0 Å². The number of nitrogens with one attached hydrogen (secondary N) is 1. The van der Waals surface area contributed by atoms with Crippen LogP contribution < -0.4 is 24.2 Å². The molecule has 2 aromatic carbocycles. The number of carbonyl (C=O) groups is 2. The maximum absolute atomic E-state index is 13.6. The van der Waals surface area contributed by atoms with Gasteiger partial charge < -0.3 is 29.1 Å². The van der Waals surface area contributed by atoms with Crippen molar-refractivity contribution in [3.63, 3.8) is 0 Å². The van der Waals surface area contributed by atoms with Gasteiger partial charge in [-0.05, 0) is 55.7 Å². The smallest absolute Gasteiger partial charge is 0.295 e. The van der Waals surface area contributed by atoms with E-state index >= 15 is 0 Å². The first-order chi connectivity index (χ1) is 17.4. The highest BCUT2D eigenvalue weighted by atomic mass is 16.5. The van der Waals surface area contributed by atoms with Gasteiger partial charge in [-0.25, -0.2) is 0 Å². The molecule has 1 atom stereocenters. The third-order valence-corrected chi connectivity index (χ3v) is 6.55. The number of rotatable bonds is 12. The van der Waals surface area contributed by atoms with E-state index in [1.54, 1.807) is 42.5 Å². The summed E-state index contributed by atoms with van der Waals surface area (Å²) in [5.74, 6) is -0.263. The second-order valence-corrected chi connectivity index (χ2v) is 8.67. The number of amides is 1. The molecule has 194 valence electrons. The summed E-state index contributed by atoms with van der Waals surface area (Å²) in [5.41, 5.74) is 0.897. The molecule has 0 bridgehead atoms. The standard InChI is InChI=1S/C28H36N2O6/c1-6-17-36-21-12-9-19(10-13-21)26(31)24-25(20-11-14-22(34-4)23(18-20)35-5)30(28(33)27(24)32)16-15-29(7-2)8-3/h9-14,18,25,31H,6-8,15-17H2,1-5H3. The normalized spacial score (nSPS) is 17.1. The first-order valence-electron chi connectivity index (χ1n) is 12.4. The molecule has 1 amide bonds. The van der Waals surface area contributed by atoms with E-state index in [1.807, 2.05) is 6.92 Å². The van der Waals surface area contributed by atoms with E-state index in [9.17, 15) is 14.7 Å². The highest BCUT2D eigenvalue weighted by Crippen LogP contribution is 2.41. The van der Waals surface area contributed by atoms with Gasteiger partial charge in [-0.1, -0.05) is 30.9 Å². The fraction of sp³-hybridized carbons (Fsp3) is 0.429. The second-order valence-electron chi connectivity index (χ2n) is 8.67. The van der Waals surface area contributed by atoms with Gasteiger partial charge in [0.25, 0.3) is 5.91 Å². The minimum atomic E-state index is -0.816. The Morgan fingerprint density at radius 3 is 2.22 bits per heavy atom. The molecule has 0 aromatic heterocycles. The van der Waals surface area contributed by atoms with Crippen molar-refractivity contribution in [1.29, 1.82) is 0 Å². The van der Waals surface area contributed by atoms with Gasteiger partial charge in [-0.15, -0.1) is 0 Å². The van der Waals surface area contributed by atoms with Crippen molar-refractivity contribution in [1.82, 2.24) is 4.90 Å². The Labute approximate surface area is 213 Å². The van der Waals surface area contributed by atoms with Crippen molar-refractivity contribution < 1.29 is 33.8 Å². The number of likely N-dealkylation sites (tertiary alicyclic amines) is 1. The van der Waals surface area contributed by atoms with Crippen LogP contribution in [0.5, 0.6) is 17.2 Å². The highest BCUT2D eigenvalue weighted by Gasteiger charge is 2.44. The molecule has 1 fully saturated rings. The van der Waals surface area contributed by atoms with Gasteiger partial charge in [0, 0.05) is 5.57 Å². The summed E-state index contributed by atoms with van der Waals surface area (Å²) in [7, 11) is 3.06. The Bertz CT molecular complexity index is 1090. The Kier molecular flexibility index (Phi) is 9.36. The number of ether oxygens (including phenoxy) is 3. The van der Waals surface area contributed by atoms with E-state index in [2.05, 4.69) is 13.8 Å². The zero-order valence-electron chi connectivity index (χ0n) is 21.8. The third kappa shape index (κ3) is 5.65. The van der Waals surface area contributed by atoms with Crippen LogP contribution in [0.2, 0.25) is 0 Å². The van der Waals surface area contributed by atoms with E-state index in [-0.39, 0.29) is 5.57 Å². The van der Waals surface area contributed by atoms with Gasteiger partial charge in [0.05, 0.1) is 53.0 Å². The highest BCUT2D eigenvalue weighted by molar-refractivity contribution is 6.46. The number of quaternary nitrogens is 1. The number of methoxy groups -OCH3 is 2. The molecule has 0 spiro atoms. The van der Waals surface area contributed by atoms with Crippen LogP contribution in [0.3, 0.4) is 0 Å². The number of ketones is 1. The van der Waals surface area contributed by atoms with E-state index < -0.39 is 23.5 Å². The Morgan fingerprint density at radius 2 is 1.64 bits per heavy atom. The Hall–Kier alpha value is -3.52. The zero-order chi connectivity index (χ0) is 26.2. The van der Waals surface area contributed by atoms with Crippen molar-refractivity contribution in [2.24, 2.45) is 0 Å². The predicted molar refractivity (Wildman–Crippen MR) is 135 cm³/mol. The molecule has 2 aromatic rings. The summed E-state index contributed by atoms with van der Waals surface area (Å²) in [6.07, 6.45) is 0.868. The van der Waals surface area contributed by atoms with Crippen LogP contribution in [-0.2, 0) is 9.59 Å².